The van der Waals surface area contributed by atoms with Gasteiger partial charge in [-0.25, -0.2) is 0 Å². The number of aromatic nitrogens is 1. The molecule has 0 spiro atoms. The number of carbonyl (C=O) groups is 6. The Hall–Kier alpha value is -6.15. The number of phenolic OH excluding ortho intramolecular Hbond substituents is 1. The number of aliphatic carboxylic acids is 6. The summed E-state index contributed by atoms with van der Waals surface area (Å²) in [5.74, 6) is -5.25. The summed E-state index contributed by atoms with van der Waals surface area (Å²) in [6.45, 7) is 0.827. The van der Waals surface area contributed by atoms with Crippen molar-refractivity contribution < 1.29 is 74.7 Å². The molecule has 64 heavy (non-hydrogen) atoms. The van der Waals surface area contributed by atoms with Crippen molar-refractivity contribution >= 4 is 58.5 Å². The number of hydrogen-bond acceptors (Lipinski definition) is 16. The first kappa shape index (κ1) is 59.9. The number of para-hydroxylation sites is 1. The molecule has 0 bridgehead atoms. The lowest BCUT2D eigenvalue weighted by Crippen LogP contribution is -2.39. The lowest BCUT2D eigenvalue weighted by molar-refractivity contribution is -0.141. The van der Waals surface area contributed by atoms with E-state index in [1.807, 2.05) is 67.0 Å². The molecule has 22 nitrogen and oxygen atoms in total. The van der Waals surface area contributed by atoms with E-state index in [0.29, 0.717) is 19.3 Å². The largest absolute Gasteiger partial charge is 0.508 e. The number of benzene rings is 3. The minimum atomic E-state index is -1.18. The highest BCUT2D eigenvalue weighted by atomic mass is 32.2. The predicted molar refractivity (Wildman–Crippen MR) is 239 cm³/mol. The molecule has 356 valence electrons. The molecule has 0 amide bonds. The van der Waals surface area contributed by atoms with Gasteiger partial charge in [0.1, 0.15) is 42.0 Å². The number of aromatic hydroxyl groups is 1. The standard InChI is InChI=1S/C11H12N2O2.C9H11NO3.C9H11NO2.C5H11NO2S.C4H9NO3.C3H7NO3/c12-9(11(14)15)5-7-6-13-10-4-2-1-3-8(7)10;10-8(9(12)13)5-6-1-3-7(11)4-2-6;10-8(9(11)12)6-7-4-2-1-3-5-7;1-9-3-2-4(6)5(7)8;1-2(6)3(5)4(7)8;4-2(1-5)3(6)7/h1-4,6,9,13H,5,12H2,(H,14,15);1-4,8,11H,5,10H2,(H,12,13);1-5,8H,6,10H2,(H,11,12);4H,2-3,6H2,1H3,(H,7,8);2-3,6H,5H2,1H3,(H,7,8);2,5H,1,4H2,(H,6,7)/t9-;2*8-;4-;2-,3+;2-/m000010/s1. The van der Waals surface area contributed by atoms with Gasteiger partial charge < -0.3 is 85.3 Å². The fourth-order valence-corrected chi connectivity index (χ4v) is 4.70. The maximum Gasteiger partial charge on any atom is 0.323 e. The van der Waals surface area contributed by atoms with E-state index in [1.165, 1.54) is 19.1 Å². The van der Waals surface area contributed by atoms with Gasteiger partial charge in [-0.1, -0.05) is 60.7 Å². The minimum Gasteiger partial charge on any atom is -0.508 e. The number of aliphatic hydroxyl groups excluding tert-OH is 2. The van der Waals surface area contributed by atoms with E-state index in [-0.39, 0.29) is 12.2 Å². The van der Waals surface area contributed by atoms with Gasteiger partial charge in [0.25, 0.3) is 0 Å². The first-order valence-corrected chi connectivity index (χ1v) is 20.3. The Morgan fingerprint density at radius 2 is 1.00 bits per heavy atom. The molecule has 0 fully saturated rings. The quantitative estimate of drug-likeness (QED) is 0.0630. The molecule has 1 aromatic heterocycles. The zero-order valence-electron chi connectivity index (χ0n) is 35.2. The monoisotopic (exact) mass is 923 g/mol. The molecular weight excluding hydrogens is 863 g/mol. The Kier molecular flexibility index (Phi) is 31.3. The first-order valence-electron chi connectivity index (χ1n) is 18.9. The molecule has 23 heteroatoms. The number of carboxylic acids is 6. The van der Waals surface area contributed by atoms with Crippen molar-refractivity contribution in [3.63, 3.8) is 0 Å². The van der Waals surface area contributed by atoms with E-state index in [9.17, 15) is 28.8 Å². The fraction of sp³-hybridized carbons (Fsp3) is 0.366. The summed E-state index contributed by atoms with van der Waals surface area (Å²) in [5.41, 5.74) is 34.7. The van der Waals surface area contributed by atoms with Crippen molar-refractivity contribution in [3.05, 3.63) is 102 Å². The van der Waals surface area contributed by atoms with Crippen molar-refractivity contribution in [1.82, 2.24) is 4.98 Å². The highest BCUT2D eigenvalue weighted by Crippen LogP contribution is 2.18. The summed E-state index contributed by atoms with van der Waals surface area (Å²) in [6.07, 6.45) is 4.32. The number of rotatable bonds is 17. The van der Waals surface area contributed by atoms with E-state index in [2.05, 4.69) is 4.98 Å². The second-order valence-corrected chi connectivity index (χ2v) is 14.4. The molecule has 0 saturated carbocycles. The lowest BCUT2D eigenvalue weighted by Gasteiger charge is -2.06. The average molecular weight is 924 g/mol. The number of aliphatic hydroxyl groups is 2. The summed E-state index contributed by atoms with van der Waals surface area (Å²) in [5, 5.41) is 76.5. The van der Waals surface area contributed by atoms with Crippen molar-refractivity contribution in [1.29, 1.82) is 0 Å². The Morgan fingerprint density at radius 3 is 1.38 bits per heavy atom. The van der Waals surface area contributed by atoms with Crippen LogP contribution >= 0.6 is 11.8 Å². The average Bonchev–Trinajstić information content (AvgIpc) is 3.66. The molecule has 0 radical (unpaired) electrons. The van der Waals surface area contributed by atoms with Gasteiger partial charge in [0, 0.05) is 23.5 Å². The minimum absolute atomic E-state index is 0.160. The lowest BCUT2D eigenvalue weighted by atomic mass is 10.1. The first-order chi connectivity index (χ1) is 29.9. The summed E-state index contributed by atoms with van der Waals surface area (Å²) in [6, 6.07) is 17.9. The zero-order chi connectivity index (χ0) is 49.5. The second kappa shape index (κ2) is 33.4. The molecule has 0 aliphatic rings. The normalized spacial score (nSPS) is 13.3. The van der Waals surface area contributed by atoms with Crippen LogP contribution in [0, 0.1) is 0 Å². The maximum atomic E-state index is 10.6. The summed E-state index contributed by atoms with van der Waals surface area (Å²) < 4.78 is 0. The van der Waals surface area contributed by atoms with E-state index >= 15 is 0 Å². The van der Waals surface area contributed by atoms with Crippen LogP contribution < -0.4 is 34.4 Å². The van der Waals surface area contributed by atoms with Crippen LogP contribution in [0.5, 0.6) is 5.75 Å². The van der Waals surface area contributed by atoms with Crippen molar-refractivity contribution in [2.24, 2.45) is 34.4 Å². The molecule has 22 N–H and O–H groups in total. The van der Waals surface area contributed by atoms with E-state index in [4.69, 9.17) is 80.4 Å². The SMILES string of the molecule is CSCC[C@H](N)C(=O)O.C[C@@H](O)[C@H](N)C(=O)O.N[C@@H](CO)C(=O)O.N[C@@H](Cc1c[nH]c2ccccc12)C(=O)O.N[C@@H](Cc1ccc(O)cc1)C(=O)O.N[C@@H](Cc1ccccc1)C(=O)O. The van der Waals surface area contributed by atoms with Gasteiger partial charge in [-0.2, -0.15) is 11.8 Å². The Labute approximate surface area is 372 Å². The van der Waals surface area contributed by atoms with E-state index < -0.39 is 84.8 Å². The summed E-state index contributed by atoms with van der Waals surface area (Å²) in [7, 11) is 0. The topological polar surface area (TPSA) is 456 Å². The van der Waals surface area contributed by atoms with Gasteiger partial charge in [-0.05, 0) is 73.1 Å². The molecule has 4 aromatic rings. The van der Waals surface area contributed by atoms with Crippen LogP contribution in [0.3, 0.4) is 0 Å². The number of H-pyrrole nitrogens is 1. The number of thioether (sulfide) groups is 1. The smallest absolute Gasteiger partial charge is 0.323 e. The zero-order valence-corrected chi connectivity index (χ0v) is 36.0. The molecule has 7 atom stereocenters. The third-order valence-corrected chi connectivity index (χ3v) is 8.67. The van der Waals surface area contributed by atoms with Gasteiger partial charge in [0.2, 0.25) is 0 Å². The predicted octanol–water partition coefficient (Wildman–Crippen LogP) is -0.569. The van der Waals surface area contributed by atoms with Crippen molar-refractivity contribution in [2.45, 2.75) is 75.0 Å². The molecular formula is C41H61N7O15S. The van der Waals surface area contributed by atoms with E-state index in [0.717, 1.165) is 33.3 Å². The number of aromatic amines is 1. The van der Waals surface area contributed by atoms with Gasteiger partial charge >= 0.3 is 35.8 Å². The highest BCUT2D eigenvalue weighted by Gasteiger charge is 2.17. The fourth-order valence-electron chi connectivity index (χ4n) is 4.21. The number of nitrogens with two attached hydrogens (primary N) is 6. The molecule has 4 rings (SSSR count). The molecule has 1 heterocycles. The van der Waals surface area contributed by atoms with Crippen LogP contribution in [0.1, 0.15) is 30.0 Å². The molecule has 0 unspecified atom stereocenters. The highest BCUT2D eigenvalue weighted by molar-refractivity contribution is 7.98. The molecule has 0 saturated heterocycles. The van der Waals surface area contributed by atoms with Gasteiger partial charge in [-0.3, -0.25) is 28.8 Å². The third kappa shape index (κ3) is 27.7. The van der Waals surface area contributed by atoms with Gasteiger partial charge in [0.05, 0.1) is 12.7 Å². The number of hydrogen-bond donors (Lipinski definition) is 16. The third-order valence-electron chi connectivity index (χ3n) is 8.03. The van der Waals surface area contributed by atoms with Crippen molar-refractivity contribution in [2.75, 3.05) is 18.6 Å². The van der Waals surface area contributed by atoms with Crippen LogP contribution in [0.2, 0.25) is 0 Å². The van der Waals surface area contributed by atoms with Crippen LogP contribution in [-0.4, -0.2) is 148 Å². The second-order valence-electron chi connectivity index (χ2n) is 13.4. The van der Waals surface area contributed by atoms with Crippen LogP contribution in [0.25, 0.3) is 10.9 Å². The van der Waals surface area contributed by atoms with E-state index in [1.54, 1.807) is 23.9 Å². The Morgan fingerprint density at radius 1 is 0.578 bits per heavy atom. The number of phenols is 1. The Bertz CT molecular complexity index is 1970. The molecule has 3 aromatic carbocycles. The van der Waals surface area contributed by atoms with Crippen molar-refractivity contribution in [3.8, 4) is 5.75 Å². The number of fused-ring (bicyclic) bond motifs is 1. The van der Waals surface area contributed by atoms with Crippen LogP contribution in [-0.2, 0) is 48.0 Å². The molecule has 0 aliphatic carbocycles. The summed E-state index contributed by atoms with van der Waals surface area (Å²) >= 11 is 1.60. The Balaban J connectivity index is 0. The molecule has 0 aliphatic heterocycles. The summed E-state index contributed by atoms with van der Waals surface area (Å²) in [4.78, 5) is 64.1. The van der Waals surface area contributed by atoms with Gasteiger partial charge in [-0.15, -0.1) is 0 Å². The van der Waals surface area contributed by atoms with Gasteiger partial charge in [0.15, 0.2) is 0 Å². The number of nitrogens with one attached hydrogen (secondary N) is 1. The van der Waals surface area contributed by atoms with Crippen LogP contribution in [0.15, 0.2) is 85.1 Å². The van der Waals surface area contributed by atoms with Crippen LogP contribution in [0.4, 0.5) is 0 Å². The maximum absolute atomic E-state index is 10.6. The number of carboxylic acid groups (broad SMARTS) is 6.